The van der Waals surface area contributed by atoms with Gasteiger partial charge < -0.3 is 9.30 Å². The van der Waals surface area contributed by atoms with Gasteiger partial charge in [0.05, 0.1) is 23.4 Å². The maximum absolute atomic E-state index is 7.60. The molecule has 0 bridgehead atoms. The molecular weight excluding hydrogens is 392 g/mol. The first-order valence-electron chi connectivity index (χ1n) is 10.4. The van der Waals surface area contributed by atoms with Crippen LogP contribution in [0.5, 0.6) is 5.75 Å². The molecule has 0 saturated heterocycles. The summed E-state index contributed by atoms with van der Waals surface area (Å²) in [6.07, 6.45) is 2.14. The molecule has 0 aliphatic rings. The lowest BCUT2D eigenvalue weighted by Crippen LogP contribution is -2.15. The molecule has 0 amide bonds. The molecule has 0 aliphatic heterocycles. The molecule has 1 atom stereocenters. The van der Waals surface area contributed by atoms with Gasteiger partial charge in [-0.05, 0) is 35.8 Å². The predicted octanol–water partition coefficient (Wildman–Crippen LogP) is 6.79. The lowest BCUT2D eigenvalue weighted by atomic mass is 9.84. The van der Waals surface area contributed by atoms with Gasteiger partial charge in [-0.2, -0.15) is 5.11 Å². The highest BCUT2D eigenvalue weighted by Gasteiger charge is 2.16. The van der Waals surface area contributed by atoms with Crippen molar-refractivity contribution in [2.24, 2.45) is 21.4 Å². The first-order chi connectivity index (χ1) is 14.3. The summed E-state index contributed by atoms with van der Waals surface area (Å²) in [5, 5.41) is 3.72. The summed E-state index contributed by atoms with van der Waals surface area (Å²) >= 11 is 1.61. The Morgan fingerprint density at radius 1 is 1.17 bits per heavy atom. The maximum Gasteiger partial charge on any atom is 0.185 e. The van der Waals surface area contributed by atoms with E-state index in [0.29, 0.717) is 29.4 Å². The topological polar surface area (TPSA) is 62.7 Å². The Hall–Kier alpha value is -2.47. The van der Waals surface area contributed by atoms with E-state index in [1.165, 1.54) is 5.56 Å². The van der Waals surface area contributed by atoms with Crippen LogP contribution in [0, 0.1) is 16.9 Å². The van der Waals surface area contributed by atoms with Crippen molar-refractivity contribution in [1.82, 2.24) is 4.57 Å². The fourth-order valence-electron chi connectivity index (χ4n) is 3.89. The second-order valence-corrected chi connectivity index (χ2v) is 10.1. The summed E-state index contributed by atoms with van der Waals surface area (Å²) in [7, 11) is 1.82. The summed E-state index contributed by atoms with van der Waals surface area (Å²) < 4.78 is 9.38. The third-order valence-electron chi connectivity index (χ3n) is 5.09. The number of hydrogen-bond acceptors (Lipinski definition) is 5. The van der Waals surface area contributed by atoms with Crippen molar-refractivity contribution in [3.63, 3.8) is 0 Å². The minimum atomic E-state index is 0.319. The van der Waals surface area contributed by atoms with Crippen LogP contribution in [0.4, 0.5) is 5.69 Å². The SMILES string of the molecule is CN=c1sc2cc(N=N)c(OCCC(C)CC(C)(C)C)cc2n1Cc1ccccc1. The normalized spacial score (nSPS) is 13.6. The van der Waals surface area contributed by atoms with E-state index in [1.807, 2.05) is 25.2 Å². The van der Waals surface area contributed by atoms with Crippen molar-refractivity contribution in [3.8, 4) is 5.75 Å². The molecular formula is C24H32N4OS. The van der Waals surface area contributed by atoms with Crippen LogP contribution in [0.2, 0.25) is 0 Å². The summed E-state index contributed by atoms with van der Waals surface area (Å²) in [4.78, 5) is 5.42. The van der Waals surface area contributed by atoms with Crippen molar-refractivity contribution >= 4 is 27.2 Å². The quantitative estimate of drug-likeness (QED) is 0.398. The van der Waals surface area contributed by atoms with Crippen LogP contribution in [-0.4, -0.2) is 18.2 Å². The van der Waals surface area contributed by atoms with Crippen molar-refractivity contribution in [2.75, 3.05) is 13.7 Å². The van der Waals surface area contributed by atoms with Crippen LogP contribution in [-0.2, 0) is 6.54 Å². The highest BCUT2D eigenvalue weighted by atomic mass is 32.1. The van der Waals surface area contributed by atoms with Crippen LogP contribution in [0.3, 0.4) is 0 Å². The van der Waals surface area contributed by atoms with Crippen LogP contribution in [0.1, 0.15) is 46.1 Å². The van der Waals surface area contributed by atoms with Gasteiger partial charge in [-0.15, -0.1) is 0 Å². The average molecular weight is 425 g/mol. The van der Waals surface area contributed by atoms with E-state index < -0.39 is 0 Å². The fraction of sp³-hybridized carbons (Fsp3) is 0.458. The first-order valence-corrected chi connectivity index (χ1v) is 11.3. The maximum atomic E-state index is 7.60. The average Bonchev–Trinajstić information content (AvgIpc) is 3.03. The molecule has 3 aromatic rings. The van der Waals surface area contributed by atoms with E-state index in [9.17, 15) is 0 Å². The number of thiazole rings is 1. The molecule has 0 aliphatic carbocycles. The van der Waals surface area contributed by atoms with Crippen molar-refractivity contribution in [3.05, 3.63) is 52.8 Å². The van der Waals surface area contributed by atoms with Crippen molar-refractivity contribution < 1.29 is 4.74 Å². The number of hydrogen-bond donors (Lipinski definition) is 1. The first kappa shape index (κ1) is 22.2. The van der Waals surface area contributed by atoms with Crippen LogP contribution in [0.25, 0.3) is 10.2 Å². The molecule has 1 unspecified atom stereocenters. The highest BCUT2D eigenvalue weighted by Crippen LogP contribution is 2.35. The second-order valence-electron chi connectivity index (χ2n) is 9.09. The molecule has 30 heavy (non-hydrogen) atoms. The Morgan fingerprint density at radius 2 is 1.90 bits per heavy atom. The Labute approximate surface area is 183 Å². The van der Waals surface area contributed by atoms with Crippen LogP contribution < -0.4 is 9.54 Å². The summed E-state index contributed by atoms with van der Waals surface area (Å²) in [5.74, 6) is 1.25. The number of fused-ring (bicyclic) bond motifs is 1. The molecule has 1 aromatic heterocycles. The molecule has 160 valence electrons. The zero-order valence-electron chi connectivity index (χ0n) is 18.6. The van der Waals surface area contributed by atoms with Crippen molar-refractivity contribution in [1.29, 1.82) is 5.53 Å². The Morgan fingerprint density at radius 3 is 2.53 bits per heavy atom. The number of aromatic nitrogens is 1. The second kappa shape index (κ2) is 9.56. The minimum Gasteiger partial charge on any atom is -0.491 e. The van der Waals surface area contributed by atoms with E-state index >= 15 is 0 Å². The molecule has 3 rings (SSSR count). The number of ether oxygens (including phenoxy) is 1. The van der Waals surface area contributed by atoms with E-state index in [-0.39, 0.29) is 0 Å². The molecule has 0 saturated carbocycles. The lowest BCUT2D eigenvalue weighted by Gasteiger charge is -2.23. The number of benzene rings is 2. The van der Waals surface area contributed by atoms with Gasteiger partial charge in [0.2, 0.25) is 0 Å². The summed E-state index contributed by atoms with van der Waals surface area (Å²) in [6, 6.07) is 14.3. The van der Waals surface area contributed by atoms with Gasteiger partial charge in [0.25, 0.3) is 0 Å². The van der Waals surface area contributed by atoms with Gasteiger partial charge in [-0.3, -0.25) is 4.99 Å². The standard InChI is InChI=1S/C24H32N4OS/c1-17(15-24(2,3)4)11-12-29-21-14-20-22(13-19(21)27-25)30-23(26-5)28(20)16-18-9-7-6-8-10-18/h6-10,13-14,17,25H,11-12,15-16H2,1-5H3. The Bertz CT molecular complexity index is 1060. The van der Waals surface area contributed by atoms with E-state index in [2.05, 4.69) is 66.6 Å². The van der Waals surface area contributed by atoms with Gasteiger partial charge in [0.15, 0.2) is 4.80 Å². The summed E-state index contributed by atoms with van der Waals surface area (Å²) in [6.45, 7) is 10.5. The zero-order chi connectivity index (χ0) is 21.7. The zero-order valence-corrected chi connectivity index (χ0v) is 19.4. The van der Waals surface area contributed by atoms with Gasteiger partial charge in [-0.25, -0.2) is 5.53 Å². The number of nitrogens with one attached hydrogen (secondary N) is 1. The molecule has 1 heterocycles. The molecule has 1 N–H and O–H groups in total. The van der Waals surface area contributed by atoms with E-state index in [0.717, 1.165) is 34.4 Å². The molecule has 0 fully saturated rings. The van der Waals surface area contributed by atoms with E-state index in [4.69, 9.17) is 10.3 Å². The molecule has 6 heteroatoms. The van der Waals surface area contributed by atoms with E-state index in [1.54, 1.807) is 11.3 Å². The van der Waals surface area contributed by atoms with Gasteiger partial charge >= 0.3 is 0 Å². The third-order valence-corrected chi connectivity index (χ3v) is 6.22. The molecule has 0 radical (unpaired) electrons. The van der Waals surface area contributed by atoms with Gasteiger partial charge in [0, 0.05) is 13.1 Å². The van der Waals surface area contributed by atoms with Crippen LogP contribution >= 0.6 is 11.3 Å². The fourth-order valence-corrected chi connectivity index (χ4v) is 4.90. The highest BCUT2D eigenvalue weighted by molar-refractivity contribution is 7.16. The Kier molecular flexibility index (Phi) is 7.08. The van der Waals surface area contributed by atoms with Gasteiger partial charge in [-0.1, -0.05) is 69.4 Å². The number of rotatable bonds is 8. The monoisotopic (exact) mass is 424 g/mol. The lowest BCUT2D eigenvalue weighted by molar-refractivity contribution is 0.241. The largest absolute Gasteiger partial charge is 0.491 e. The van der Waals surface area contributed by atoms with Gasteiger partial charge in [0.1, 0.15) is 11.4 Å². The summed E-state index contributed by atoms with van der Waals surface area (Å²) in [5.41, 5.74) is 10.8. The Balaban J connectivity index is 1.87. The third kappa shape index (κ3) is 5.57. The minimum absolute atomic E-state index is 0.319. The van der Waals surface area contributed by atoms with Crippen LogP contribution in [0.15, 0.2) is 52.6 Å². The molecule has 5 nitrogen and oxygen atoms in total. The van der Waals surface area contributed by atoms with Crippen molar-refractivity contribution in [2.45, 2.75) is 47.1 Å². The predicted molar refractivity (Wildman–Crippen MR) is 125 cm³/mol. The molecule has 2 aromatic carbocycles. The molecule has 0 spiro atoms. The number of nitrogens with zero attached hydrogens (tertiary/aromatic N) is 3. The smallest absolute Gasteiger partial charge is 0.185 e.